The van der Waals surface area contributed by atoms with Gasteiger partial charge in [0.2, 0.25) is 0 Å². The van der Waals surface area contributed by atoms with Gasteiger partial charge in [-0.25, -0.2) is 22.5 Å². The van der Waals surface area contributed by atoms with Gasteiger partial charge in [-0.1, -0.05) is 18.2 Å². The first kappa shape index (κ1) is 21.8. The van der Waals surface area contributed by atoms with E-state index < -0.39 is 50.6 Å². The number of fused-ring (bicyclic) bond motifs is 1. The second kappa shape index (κ2) is 7.92. The number of nitrogen functional groups attached to an aromatic ring is 1. The van der Waals surface area contributed by atoms with Crippen LogP contribution in [0, 0.1) is 0 Å². The Hall–Kier alpha value is -2.44. The van der Waals surface area contributed by atoms with E-state index in [2.05, 4.69) is 4.98 Å². The number of nitrogens with zero attached hydrogens (tertiary/aromatic N) is 2. The second-order valence-electron chi connectivity index (χ2n) is 6.89. The van der Waals surface area contributed by atoms with Crippen LogP contribution in [0.5, 0.6) is 5.75 Å². The fourth-order valence-electron chi connectivity index (χ4n) is 3.23. The van der Waals surface area contributed by atoms with Crippen LogP contribution in [0.15, 0.2) is 41.3 Å². The lowest BCUT2D eigenvalue weighted by Gasteiger charge is -2.32. The molecular weight excluding hydrogens is 446 g/mol. The normalized spacial score (nSPS) is 32.6. The van der Waals surface area contributed by atoms with Crippen LogP contribution in [0.3, 0.4) is 0 Å². The highest BCUT2D eigenvalue weighted by Gasteiger charge is 2.62. The number of phosphoric ester groups is 1. The van der Waals surface area contributed by atoms with Crippen LogP contribution in [-0.2, 0) is 25.0 Å². The van der Waals surface area contributed by atoms with Crippen LogP contribution < -0.4 is 15.9 Å². The summed E-state index contributed by atoms with van der Waals surface area (Å²) >= 11 is 0. The molecule has 0 spiro atoms. The molecule has 1 saturated heterocycles. The molecule has 0 saturated carbocycles. The molecule has 0 bridgehead atoms. The maximum absolute atomic E-state index is 14.7. The van der Waals surface area contributed by atoms with Gasteiger partial charge in [0, 0.05) is 11.8 Å². The molecule has 2 aliphatic heterocycles. The summed E-state index contributed by atoms with van der Waals surface area (Å²) in [7, 11) is -4.38. The molecule has 1 fully saturated rings. The molecule has 2 aromatic rings. The van der Waals surface area contributed by atoms with Gasteiger partial charge in [0.25, 0.3) is 6.43 Å². The first-order valence-corrected chi connectivity index (χ1v) is 10.4. The summed E-state index contributed by atoms with van der Waals surface area (Å²) in [6.07, 6.45) is -9.36. The van der Waals surface area contributed by atoms with Crippen molar-refractivity contribution < 1.29 is 41.2 Å². The molecule has 5 atom stereocenters. The van der Waals surface area contributed by atoms with Crippen molar-refractivity contribution in [2.24, 2.45) is 0 Å². The van der Waals surface area contributed by atoms with Gasteiger partial charge in [0.1, 0.15) is 17.7 Å². The predicted octanol–water partition coefficient (Wildman–Crippen LogP) is 1.79. The molecule has 168 valence electrons. The monoisotopic (exact) mass is 463 g/mol. The highest BCUT2D eigenvalue weighted by atomic mass is 31.2. The quantitative estimate of drug-likeness (QED) is 0.637. The number of aliphatic hydroxyl groups is 1. The number of hydrogen-bond donors (Lipinski definition) is 2. The minimum atomic E-state index is -4.38. The van der Waals surface area contributed by atoms with Crippen molar-refractivity contribution >= 4 is 13.6 Å². The summed E-state index contributed by atoms with van der Waals surface area (Å²) < 4.78 is 76.3. The molecule has 3 N–H and O–H groups in total. The molecule has 0 radical (unpaired) electrons. The Morgan fingerprint density at radius 1 is 1.39 bits per heavy atom. The second-order valence-corrected chi connectivity index (χ2v) is 8.48. The Kier molecular flexibility index (Phi) is 5.56. The highest BCUT2D eigenvalue weighted by Crippen LogP contribution is 2.56. The standard InChI is InChI=1S/C17H17F3N3O7P/c18-12-13(24)17(15(19)20,29-14(12)23-6-5-11(21)22-16(23)25)8-28-31(26)27-7-9-3-1-2-4-10(9)30-31/h1-6,12-15,24H,7-8H2,(H2,21,22,25)/t12-,13-,14+,17+,31?/m0/s1. The van der Waals surface area contributed by atoms with E-state index in [0.29, 0.717) is 10.1 Å². The van der Waals surface area contributed by atoms with E-state index in [4.69, 9.17) is 24.0 Å². The average molecular weight is 463 g/mol. The maximum atomic E-state index is 14.7. The Labute approximate surface area is 172 Å². The number of anilines is 1. The lowest BCUT2D eigenvalue weighted by molar-refractivity contribution is -0.194. The van der Waals surface area contributed by atoms with Crippen molar-refractivity contribution in [3.8, 4) is 5.75 Å². The van der Waals surface area contributed by atoms with Gasteiger partial charge in [-0.15, -0.1) is 0 Å². The number of para-hydroxylation sites is 1. The first-order chi connectivity index (χ1) is 14.7. The number of halogens is 3. The summed E-state index contributed by atoms with van der Waals surface area (Å²) in [5.41, 5.74) is 1.87. The van der Waals surface area contributed by atoms with Gasteiger partial charge in [0.15, 0.2) is 18.0 Å². The summed E-state index contributed by atoms with van der Waals surface area (Å²) in [4.78, 5) is 15.3. The molecule has 3 heterocycles. The first-order valence-electron chi connectivity index (χ1n) is 8.94. The van der Waals surface area contributed by atoms with E-state index in [-0.39, 0.29) is 18.2 Å². The molecular formula is C17H17F3N3O7P. The van der Waals surface area contributed by atoms with Gasteiger partial charge in [-0.2, -0.15) is 4.98 Å². The third-order valence-corrected chi connectivity index (χ3v) is 6.23. The van der Waals surface area contributed by atoms with Gasteiger partial charge in [-0.05, 0) is 12.1 Å². The summed E-state index contributed by atoms with van der Waals surface area (Å²) in [6.45, 7) is -1.43. The molecule has 10 nitrogen and oxygen atoms in total. The predicted molar refractivity (Wildman–Crippen MR) is 98.1 cm³/mol. The molecule has 31 heavy (non-hydrogen) atoms. The number of aliphatic hydroxyl groups excluding tert-OH is 1. The van der Waals surface area contributed by atoms with E-state index in [1.807, 2.05) is 0 Å². The number of nitrogens with two attached hydrogens (primary N) is 1. The zero-order valence-corrected chi connectivity index (χ0v) is 16.5. The van der Waals surface area contributed by atoms with Gasteiger partial charge < -0.3 is 20.1 Å². The molecule has 4 rings (SSSR count). The molecule has 1 aromatic heterocycles. The lowest BCUT2D eigenvalue weighted by atomic mass is 9.97. The Morgan fingerprint density at radius 3 is 2.84 bits per heavy atom. The minimum absolute atomic E-state index is 0.164. The third kappa shape index (κ3) is 3.83. The van der Waals surface area contributed by atoms with E-state index >= 15 is 0 Å². The summed E-state index contributed by atoms with van der Waals surface area (Å²) in [5.74, 6) is -0.0135. The van der Waals surface area contributed by atoms with E-state index in [0.717, 1.165) is 12.3 Å². The lowest BCUT2D eigenvalue weighted by Crippen LogP contribution is -2.52. The molecule has 2 aliphatic rings. The van der Waals surface area contributed by atoms with Crippen LogP contribution >= 0.6 is 7.82 Å². The maximum Gasteiger partial charge on any atom is 0.530 e. The average Bonchev–Trinajstić information content (AvgIpc) is 2.98. The number of alkyl halides is 3. The van der Waals surface area contributed by atoms with E-state index in [1.54, 1.807) is 18.2 Å². The van der Waals surface area contributed by atoms with Crippen LogP contribution in [0.4, 0.5) is 19.0 Å². The van der Waals surface area contributed by atoms with E-state index in [1.165, 1.54) is 6.07 Å². The number of phosphoric acid groups is 1. The highest BCUT2D eigenvalue weighted by molar-refractivity contribution is 7.49. The molecule has 1 unspecified atom stereocenters. The number of aromatic nitrogens is 2. The zero-order valence-electron chi connectivity index (χ0n) is 15.6. The van der Waals surface area contributed by atoms with Crippen LogP contribution in [0.2, 0.25) is 0 Å². The molecule has 0 aliphatic carbocycles. The topological polar surface area (TPSA) is 135 Å². The van der Waals surface area contributed by atoms with Crippen molar-refractivity contribution in [2.45, 2.75) is 37.1 Å². The van der Waals surface area contributed by atoms with Gasteiger partial charge >= 0.3 is 13.5 Å². The summed E-state index contributed by atoms with van der Waals surface area (Å²) in [6, 6.07) is 7.52. The smallest absolute Gasteiger partial charge is 0.404 e. The largest absolute Gasteiger partial charge is 0.530 e. The van der Waals surface area contributed by atoms with Crippen molar-refractivity contribution in [2.75, 3.05) is 12.3 Å². The van der Waals surface area contributed by atoms with Crippen molar-refractivity contribution in [3.63, 3.8) is 0 Å². The number of rotatable bonds is 5. The van der Waals surface area contributed by atoms with Gasteiger partial charge in [0.05, 0.1) is 13.2 Å². The number of ether oxygens (including phenoxy) is 1. The van der Waals surface area contributed by atoms with E-state index in [9.17, 15) is 27.6 Å². The minimum Gasteiger partial charge on any atom is -0.404 e. The Morgan fingerprint density at radius 2 is 2.13 bits per heavy atom. The van der Waals surface area contributed by atoms with Crippen molar-refractivity contribution in [3.05, 3.63) is 52.6 Å². The number of hydrogen-bond acceptors (Lipinski definition) is 9. The zero-order chi connectivity index (χ0) is 22.4. The van der Waals surface area contributed by atoms with Crippen LogP contribution in [-0.4, -0.2) is 45.6 Å². The SMILES string of the molecule is Nc1ccn([C@@H]2O[C@@](COP3(=O)OCc4ccccc4O3)(C(F)F)[C@@H](O)[C@@H]2F)c(=O)n1. The van der Waals surface area contributed by atoms with Crippen LogP contribution in [0.25, 0.3) is 0 Å². The molecule has 14 heteroatoms. The summed E-state index contributed by atoms with van der Waals surface area (Å²) in [5, 5.41) is 10.2. The Balaban J connectivity index is 1.58. The van der Waals surface area contributed by atoms with Crippen molar-refractivity contribution in [1.29, 1.82) is 0 Å². The fraction of sp³-hybridized carbons (Fsp3) is 0.412. The third-order valence-electron chi connectivity index (χ3n) is 4.92. The van der Waals surface area contributed by atoms with Crippen molar-refractivity contribution in [1.82, 2.24) is 9.55 Å². The van der Waals surface area contributed by atoms with Crippen LogP contribution in [0.1, 0.15) is 11.8 Å². The fourth-order valence-corrected chi connectivity index (χ4v) is 4.48. The Bertz CT molecular complexity index is 1090. The molecule has 1 aromatic carbocycles. The van der Waals surface area contributed by atoms with Gasteiger partial charge in [-0.3, -0.25) is 13.6 Å². The number of benzene rings is 1. The molecule has 0 amide bonds.